The molecule has 2 aliphatic rings. The Hall–Kier alpha value is -2.90. The maximum atomic E-state index is 13.9. The Kier molecular flexibility index (Phi) is 4.56. The van der Waals surface area contributed by atoms with Crippen LogP contribution in [0.4, 0.5) is 9.18 Å². The van der Waals surface area contributed by atoms with Crippen LogP contribution in [0, 0.1) is 24.6 Å². The number of carbonyl (C=O) groups excluding carboxylic acids is 2. The van der Waals surface area contributed by atoms with Gasteiger partial charge in [0.15, 0.2) is 0 Å². The van der Waals surface area contributed by atoms with Gasteiger partial charge in [0.25, 0.3) is 5.91 Å². The molecule has 2 fully saturated rings. The van der Waals surface area contributed by atoms with Crippen molar-refractivity contribution < 1.29 is 18.5 Å². The maximum absolute atomic E-state index is 13.9. The van der Waals surface area contributed by atoms with Gasteiger partial charge in [0.1, 0.15) is 5.82 Å². The van der Waals surface area contributed by atoms with Gasteiger partial charge >= 0.3 is 6.03 Å². The first-order valence-corrected chi connectivity index (χ1v) is 9.31. The van der Waals surface area contributed by atoms with E-state index in [-0.39, 0.29) is 41.4 Å². The number of aromatic nitrogens is 1. The van der Waals surface area contributed by atoms with Crippen LogP contribution in [0.3, 0.4) is 0 Å². The molecule has 3 atom stereocenters. The Labute approximate surface area is 162 Å². The molecule has 0 aliphatic carbocycles. The molecular weight excluding hydrogens is 363 g/mol. The minimum Gasteiger partial charge on any atom is -0.351 e. The minimum atomic E-state index is -0.332. The average Bonchev–Trinajstić information content (AvgIpc) is 3.34. The molecule has 2 saturated heterocycles. The lowest BCUT2D eigenvalue weighted by molar-refractivity contribution is 0.0725. The second-order valence-electron chi connectivity index (χ2n) is 7.80. The lowest BCUT2D eigenvalue weighted by Gasteiger charge is -2.31. The smallest absolute Gasteiger partial charge is 0.320 e. The summed E-state index contributed by atoms with van der Waals surface area (Å²) in [7, 11) is 3.42. The van der Waals surface area contributed by atoms with Gasteiger partial charge in [0, 0.05) is 51.6 Å². The zero-order valence-electron chi connectivity index (χ0n) is 16.1. The fourth-order valence-electron chi connectivity index (χ4n) is 4.40. The van der Waals surface area contributed by atoms with E-state index in [9.17, 15) is 14.0 Å². The van der Waals surface area contributed by atoms with E-state index < -0.39 is 0 Å². The number of nitrogens with zero attached hydrogens (tertiary/aromatic N) is 4. The Morgan fingerprint density at radius 1 is 1.21 bits per heavy atom. The van der Waals surface area contributed by atoms with Gasteiger partial charge in [0.2, 0.25) is 5.76 Å². The van der Waals surface area contributed by atoms with Gasteiger partial charge in [-0.3, -0.25) is 4.79 Å². The highest BCUT2D eigenvalue weighted by Crippen LogP contribution is 2.45. The number of hydrogen-bond acceptors (Lipinski definition) is 4. The highest BCUT2D eigenvalue weighted by Gasteiger charge is 2.50. The summed E-state index contributed by atoms with van der Waals surface area (Å²) in [6.45, 7) is 3.32. The zero-order chi connectivity index (χ0) is 20.0. The third kappa shape index (κ3) is 3.12. The van der Waals surface area contributed by atoms with E-state index >= 15 is 0 Å². The van der Waals surface area contributed by atoms with E-state index in [2.05, 4.69) is 5.16 Å². The SMILES string of the molecule is Cc1cc(C(=O)N2C[C@@H]3CN(C(=O)N(C)C)[C@H](c4cccc(F)c4)[C@@H]3C2)on1. The monoisotopic (exact) mass is 386 g/mol. The Balaban J connectivity index is 1.62. The summed E-state index contributed by atoms with van der Waals surface area (Å²) in [5.41, 5.74) is 1.41. The summed E-state index contributed by atoms with van der Waals surface area (Å²) in [6.07, 6.45) is 0. The van der Waals surface area contributed by atoms with Gasteiger partial charge < -0.3 is 19.2 Å². The zero-order valence-corrected chi connectivity index (χ0v) is 16.1. The van der Waals surface area contributed by atoms with Crippen LogP contribution in [0.5, 0.6) is 0 Å². The standard InChI is InChI=1S/C20H23FN4O3/c1-12-7-17(28-22-12)19(26)24-9-14-10-25(20(27)23(2)3)18(16(14)11-24)13-5-4-6-15(21)8-13/h4-8,14,16,18H,9-11H2,1-3H3/t14-,16-,18-/m1/s1. The van der Waals surface area contributed by atoms with Gasteiger partial charge in [-0.15, -0.1) is 0 Å². The summed E-state index contributed by atoms with van der Waals surface area (Å²) in [6, 6.07) is 7.62. The number of rotatable bonds is 2. The van der Waals surface area contributed by atoms with Gasteiger partial charge in [-0.1, -0.05) is 17.3 Å². The average molecular weight is 386 g/mol. The molecule has 0 radical (unpaired) electrons. The van der Waals surface area contributed by atoms with E-state index in [1.54, 1.807) is 43.0 Å². The van der Waals surface area contributed by atoms with E-state index in [1.165, 1.54) is 17.0 Å². The molecule has 8 heteroatoms. The molecule has 4 rings (SSSR count). The molecule has 0 N–H and O–H groups in total. The van der Waals surface area contributed by atoms with Crippen molar-refractivity contribution in [2.45, 2.75) is 13.0 Å². The highest BCUT2D eigenvalue weighted by molar-refractivity contribution is 5.91. The van der Waals surface area contributed by atoms with E-state index in [0.717, 1.165) is 5.56 Å². The van der Waals surface area contributed by atoms with Crippen molar-refractivity contribution in [3.63, 3.8) is 0 Å². The summed E-state index contributed by atoms with van der Waals surface area (Å²) in [4.78, 5) is 30.6. The van der Waals surface area contributed by atoms with Crippen molar-refractivity contribution in [3.05, 3.63) is 53.2 Å². The van der Waals surface area contributed by atoms with Gasteiger partial charge in [-0.25, -0.2) is 9.18 Å². The third-order valence-corrected chi connectivity index (χ3v) is 5.61. The second kappa shape index (κ2) is 6.92. The first kappa shape index (κ1) is 18.5. The Bertz CT molecular complexity index is 912. The van der Waals surface area contributed by atoms with Crippen LogP contribution < -0.4 is 0 Å². The molecular formula is C20H23FN4O3. The molecule has 28 heavy (non-hydrogen) atoms. The molecule has 2 aliphatic heterocycles. The van der Waals surface area contributed by atoms with Crippen LogP contribution in [0.1, 0.15) is 27.9 Å². The molecule has 0 saturated carbocycles. The molecule has 0 spiro atoms. The minimum absolute atomic E-state index is 0.0404. The number of fused-ring (bicyclic) bond motifs is 1. The molecule has 7 nitrogen and oxygen atoms in total. The lowest BCUT2D eigenvalue weighted by atomic mass is 9.89. The molecule has 1 aromatic heterocycles. The summed E-state index contributed by atoms with van der Waals surface area (Å²) >= 11 is 0. The molecule has 1 aromatic carbocycles. The number of urea groups is 1. The number of halogens is 1. The number of carbonyl (C=O) groups is 2. The van der Waals surface area contributed by atoms with Crippen molar-refractivity contribution in [1.29, 1.82) is 0 Å². The number of amides is 3. The van der Waals surface area contributed by atoms with Crippen LogP contribution in [0.2, 0.25) is 0 Å². The Morgan fingerprint density at radius 2 is 2.00 bits per heavy atom. The van der Waals surface area contributed by atoms with E-state index in [0.29, 0.717) is 25.3 Å². The number of benzene rings is 1. The highest BCUT2D eigenvalue weighted by atomic mass is 19.1. The van der Waals surface area contributed by atoms with Crippen molar-refractivity contribution in [2.75, 3.05) is 33.7 Å². The largest absolute Gasteiger partial charge is 0.351 e. The summed E-state index contributed by atoms with van der Waals surface area (Å²) < 4.78 is 19.0. The Morgan fingerprint density at radius 3 is 2.64 bits per heavy atom. The number of hydrogen-bond donors (Lipinski definition) is 0. The van der Waals surface area contributed by atoms with Crippen molar-refractivity contribution >= 4 is 11.9 Å². The predicted octanol–water partition coefficient (Wildman–Crippen LogP) is 2.55. The van der Waals surface area contributed by atoms with Crippen molar-refractivity contribution in [2.24, 2.45) is 11.8 Å². The second-order valence-corrected chi connectivity index (χ2v) is 7.80. The predicted molar refractivity (Wildman–Crippen MR) is 99.1 cm³/mol. The quantitative estimate of drug-likeness (QED) is 0.795. The topological polar surface area (TPSA) is 69.9 Å². The lowest BCUT2D eigenvalue weighted by Crippen LogP contribution is -2.42. The first-order chi connectivity index (χ1) is 13.3. The van der Waals surface area contributed by atoms with Crippen molar-refractivity contribution in [1.82, 2.24) is 19.9 Å². The molecule has 3 heterocycles. The number of aryl methyl sites for hydroxylation is 1. The third-order valence-electron chi connectivity index (χ3n) is 5.61. The summed E-state index contributed by atoms with van der Waals surface area (Å²) in [5, 5.41) is 3.79. The normalized spacial score (nSPS) is 23.8. The molecule has 3 amide bonds. The fraction of sp³-hybridized carbons (Fsp3) is 0.450. The van der Waals surface area contributed by atoms with Crippen LogP contribution in [-0.2, 0) is 0 Å². The van der Waals surface area contributed by atoms with Crippen LogP contribution in [0.15, 0.2) is 34.9 Å². The van der Waals surface area contributed by atoms with Crippen LogP contribution in [-0.4, -0.2) is 65.5 Å². The number of likely N-dealkylation sites (tertiary alicyclic amines) is 2. The van der Waals surface area contributed by atoms with Crippen LogP contribution >= 0.6 is 0 Å². The van der Waals surface area contributed by atoms with Crippen molar-refractivity contribution in [3.8, 4) is 0 Å². The molecule has 2 aromatic rings. The summed E-state index contributed by atoms with van der Waals surface area (Å²) in [5.74, 6) is -0.135. The molecule has 148 valence electrons. The maximum Gasteiger partial charge on any atom is 0.320 e. The van der Waals surface area contributed by atoms with Gasteiger partial charge in [0.05, 0.1) is 11.7 Å². The van der Waals surface area contributed by atoms with Gasteiger partial charge in [-0.05, 0) is 24.6 Å². The molecule has 0 bridgehead atoms. The van der Waals surface area contributed by atoms with Gasteiger partial charge in [-0.2, -0.15) is 0 Å². The fourth-order valence-corrected chi connectivity index (χ4v) is 4.40. The molecule has 0 unspecified atom stereocenters. The van der Waals surface area contributed by atoms with Crippen LogP contribution in [0.25, 0.3) is 0 Å². The van der Waals surface area contributed by atoms with E-state index in [4.69, 9.17) is 4.52 Å². The first-order valence-electron chi connectivity index (χ1n) is 9.31. The van der Waals surface area contributed by atoms with E-state index in [1.807, 2.05) is 6.07 Å².